The van der Waals surface area contributed by atoms with Gasteiger partial charge in [0.2, 0.25) is 0 Å². The highest BCUT2D eigenvalue weighted by atomic mass is 16.4. The third-order valence-electron chi connectivity index (χ3n) is 6.19. The van der Waals surface area contributed by atoms with Crippen LogP contribution in [0.5, 0.6) is 0 Å². The first kappa shape index (κ1) is 28.2. The van der Waals surface area contributed by atoms with Crippen LogP contribution in [0.15, 0.2) is 11.1 Å². The fourth-order valence-corrected chi connectivity index (χ4v) is 4.31. The van der Waals surface area contributed by atoms with E-state index in [2.05, 4.69) is 13.8 Å². The Morgan fingerprint density at radius 2 is 1.14 bits per heavy atom. The van der Waals surface area contributed by atoms with Gasteiger partial charge in [-0.1, -0.05) is 122 Å². The van der Waals surface area contributed by atoms with Gasteiger partial charge in [0, 0.05) is 5.57 Å². The van der Waals surface area contributed by atoms with E-state index in [0.29, 0.717) is 18.5 Å². The normalized spacial score (nSPS) is 13.4. The Labute approximate surface area is 181 Å². The van der Waals surface area contributed by atoms with Crippen LogP contribution >= 0.6 is 0 Å². The Bertz CT molecular complexity index is 417. The van der Waals surface area contributed by atoms with Gasteiger partial charge in [0.05, 0.1) is 0 Å². The molecule has 0 radical (unpaired) electrons. The summed E-state index contributed by atoms with van der Waals surface area (Å²) in [6.45, 7) is 6.77. The number of hydrogen-bond donors (Lipinski definition) is 2. The van der Waals surface area contributed by atoms with Crippen molar-refractivity contribution in [2.75, 3.05) is 6.54 Å². The van der Waals surface area contributed by atoms with Gasteiger partial charge < -0.3 is 10.8 Å². The zero-order valence-corrected chi connectivity index (χ0v) is 19.9. The summed E-state index contributed by atoms with van der Waals surface area (Å²) < 4.78 is 0. The summed E-state index contributed by atoms with van der Waals surface area (Å²) in [5, 5.41) is 9.48. The second kappa shape index (κ2) is 20.4. The van der Waals surface area contributed by atoms with Crippen LogP contribution in [0.4, 0.5) is 0 Å². The monoisotopic (exact) mass is 409 g/mol. The van der Waals surface area contributed by atoms with Crippen LogP contribution in [0, 0.1) is 5.92 Å². The van der Waals surface area contributed by atoms with Gasteiger partial charge in [-0.15, -0.1) is 0 Å². The van der Waals surface area contributed by atoms with Gasteiger partial charge in [-0.25, -0.2) is 4.79 Å². The molecule has 0 aliphatic carbocycles. The molecule has 0 aromatic rings. The maximum absolute atomic E-state index is 11.5. The number of unbranched alkanes of at least 4 members (excludes halogenated alkanes) is 15. The van der Waals surface area contributed by atoms with Gasteiger partial charge in [0.1, 0.15) is 0 Å². The third kappa shape index (κ3) is 16.6. The molecule has 3 nitrogen and oxygen atoms in total. The van der Waals surface area contributed by atoms with Gasteiger partial charge in [0.15, 0.2) is 0 Å². The number of nitrogens with two attached hydrogens (primary N) is 1. The smallest absolute Gasteiger partial charge is 0.331 e. The second-order valence-corrected chi connectivity index (χ2v) is 9.03. The molecule has 0 aromatic carbocycles. The average Bonchev–Trinajstić information content (AvgIpc) is 2.67. The highest BCUT2D eigenvalue weighted by molar-refractivity contribution is 5.88. The number of carbonyl (C=O) groups is 1. The Morgan fingerprint density at radius 3 is 1.48 bits per heavy atom. The third-order valence-corrected chi connectivity index (χ3v) is 6.19. The molecule has 1 unspecified atom stereocenters. The van der Waals surface area contributed by atoms with Gasteiger partial charge in [-0.3, -0.25) is 0 Å². The maximum Gasteiger partial charge on any atom is 0.331 e. The highest BCUT2D eigenvalue weighted by Crippen LogP contribution is 2.23. The van der Waals surface area contributed by atoms with Gasteiger partial charge in [-0.2, -0.15) is 0 Å². The number of hydrogen-bond acceptors (Lipinski definition) is 2. The van der Waals surface area contributed by atoms with Crippen molar-refractivity contribution < 1.29 is 9.90 Å². The SMILES string of the molecule is CCCCCCCCCCCCCCCCCCC(C)C(C(=O)O)=C(C)CCN. The molecule has 0 saturated carbocycles. The van der Waals surface area contributed by atoms with Crippen LogP contribution in [0.25, 0.3) is 0 Å². The molecule has 172 valence electrons. The van der Waals surface area contributed by atoms with Crippen molar-refractivity contribution in [3.8, 4) is 0 Å². The van der Waals surface area contributed by atoms with Crippen LogP contribution in [-0.2, 0) is 4.79 Å². The van der Waals surface area contributed by atoms with Crippen LogP contribution in [0.1, 0.15) is 136 Å². The van der Waals surface area contributed by atoms with Crippen LogP contribution in [0.2, 0.25) is 0 Å². The molecule has 0 aromatic heterocycles. The Kier molecular flexibility index (Phi) is 19.9. The van der Waals surface area contributed by atoms with E-state index >= 15 is 0 Å². The Hall–Kier alpha value is -0.830. The van der Waals surface area contributed by atoms with Crippen molar-refractivity contribution in [1.82, 2.24) is 0 Å². The molecule has 0 heterocycles. The van der Waals surface area contributed by atoms with Gasteiger partial charge in [-0.05, 0) is 32.2 Å². The highest BCUT2D eigenvalue weighted by Gasteiger charge is 2.18. The molecule has 0 saturated heterocycles. The lowest BCUT2D eigenvalue weighted by atomic mass is 9.90. The number of aliphatic carboxylic acids is 1. The van der Waals surface area contributed by atoms with Crippen LogP contribution in [-0.4, -0.2) is 17.6 Å². The topological polar surface area (TPSA) is 63.3 Å². The molecule has 0 rings (SSSR count). The quantitative estimate of drug-likeness (QED) is 0.149. The van der Waals surface area contributed by atoms with E-state index < -0.39 is 5.97 Å². The summed E-state index contributed by atoms with van der Waals surface area (Å²) in [4.78, 5) is 11.5. The summed E-state index contributed by atoms with van der Waals surface area (Å²) in [6.07, 6.45) is 23.6. The molecular weight excluding hydrogens is 358 g/mol. The summed E-state index contributed by atoms with van der Waals surface area (Å²) >= 11 is 0. The minimum atomic E-state index is -0.764. The molecule has 0 aliphatic heterocycles. The molecule has 0 fully saturated rings. The minimum Gasteiger partial charge on any atom is -0.478 e. The fourth-order valence-electron chi connectivity index (χ4n) is 4.31. The minimum absolute atomic E-state index is 0.130. The van der Waals surface area contributed by atoms with Crippen molar-refractivity contribution in [3.05, 3.63) is 11.1 Å². The first-order valence-electron chi connectivity index (χ1n) is 12.7. The Balaban J connectivity index is 3.53. The van der Waals surface area contributed by atoms with Crippen LogP contribution < -0.4 is 5.73 Å². The lowest BCUT2D eigenvalue weighted by Crippen LogP contribution is -2.14. The average molecular weight is 410 g/mol. The molecule has 3 heteroatoms. The van der Waals surface area contributed by atoms with E-state index in [0.717, 1.165) is 18.4 Å². The summed E-state index contributed by atoms with van der Waals surface area (Å²) in [7, 11) is 0. The first-order chi connectivity index (χ1) is 14.0. The molecule has 0 amide bonds. The second-order valence-electron chi connectivity index (χ2n) is 9.03. The predicted octanol–water partition coefficient (Wildman–Crippen LogP) is 8.02. The van der Waals surface area contributed by atoms with Gasteiger partial charge >= 0.3 is 5.97 Å². The molecular formula is C26H51NO2. The van der Waals surface area contributed by atoms with Crippen molar-refractivity contribution in [2.45, 2.75) is 136 Å². The Morgan fingerprint density at radius 1 is 0.759 bits per heavy atom. The van der Waals surface area contributed by atoms with E-state index in [1.165, 1.54) is 96.3 Å². The largest absolute Gasteiger partial charge is 0.478 e. The predicted molar refractivity (Wildman–Crippen MR) is 127 cm³/mol. The number of rotatable bonds is 21. The zero-order chi connectivity index (χ0) is 21.7. The van der Waals surface area contributed by atoms with E-state index in [1.807, 2.05) is 6.92 Å². The van der Waals surface area contributed by atoms with Crippen LogP contribution in [0.3, 0.4) is 0 Å². The van der Waals surface area contributed by atoms with Gasteiger partial charge in [0.25, 0.3) is 0 Å². The van der Waals surface area contributed by atoms with Crippen molar-refractivity contribution in [3.63, 3.8) is 0 Å². The van der Waals surface area contributed by atoms with E-state index in [4.69, 9.17) is 5.73 Å². The van der Waals surface area contributed by atoms with E-state index in [9.17, 15) is 9.90 Å². The first-order valence-corrected chi connectivity index (χ1v) is 12.7. The van der Waals surface area contributed by atoms with Crippen molar-refractivity contribution in [2.24, 2.45) is 11.7 Å². The molecule has 1 atom stereocenters. The van der Waals surface area contributed by atoms with Crippen molar-refractivity contribution >= 4 is 5.97 Å². The maximum atomic E-state index is 11.5. The molecule has 29 heavy (non-hydrogen) atoms. The lowest BCUT2D eigenvalue weighted by molar-refractivity contribution is -0.133. The number of carboxylic acids is 1. The number of carboxylic acid groups (broad SMARTS) is 1. The standard InChI is InChI=1S/C26H51NO2/c1-4-5-6-7-8-9-10-11-12-13-14-15-16-17-18-19-20-23(2)25(26(28)29)24(3)21-22-27/h23H,4-22,27H2,1-3H3,(H,28,29). The molecule has 0 spiro atoms. The molecule has 3 N–H and O–H groups in total. The summed E-state index contributed by atoms with van der Waals surface area (Å²) in [6, 6.07) is 0. The van der Waals surface area contributed by atoms with E-state index in [-0.39, 0.29) is 5.92 Å². The molecule has 0 bridgehead atoms. The summed E-state index contributed by atoms with van der Waals surface area (Å²) in [5.41, 5.74) is 7.12. The van der Waals surface area contributed by atoms with Crippen molar-refractivity contribution in [1.29, 1.82) is 0 Å². The zero-order valence-electron chi connectivity index (χ0n) is 19.9. The fraction of sp³-hybridized carbons (Fsp3) is 0.885. The molecule has 0 aliphatic rings. The summed E-state index contributed by atoms with van der Waals surface area (Å²) in [5.74, 6) is -0.634. The van der Waals surface area contributed by atoms with E-state index in [1.54, 1.807) is 0 Å². The lowest BCUT2D eigenvalue weighted by Gasteiger charge is -2.15.